The van der Waals surface area contributed by atoms with E-state index in [9.17, 15) is 9.18 Å². The number of hydrogen-bond acceptors (Lipinski definition) is 4. The van der Waals surface area contributed by atoms with Crippen LogP contribution in [0, 0.1) is 5.82 Å². The number of likely N-dealkylation sites (N-methyl/N-ethyl adjacent to an activating group) is 1. The monoisotopic (exact) mass is 333 g/mol. The highest BCUT2D eigenvalue weighted by Crippen LogP contribution is 2.33. The molecule has 112 valence electrons. The lowest BCUT2D eigenvalue weighted by Gasteiger charge is -2.09. The number of thiocarbonyl (C=S) groups is 1. The van der Waals surface area contributed by atoms with Gasteiger partial charge in [0.25, 0.3) is 5.91 Å². The van der Waals surface area contributed by atoms with E-state index < -0.39 is 0 Å². The standard InChI is InChI=1S/C16H12FNO2S2/c1-2-18-15(19)14(22-16(18)21)9-12-6-7-13(20-12)10-4-3-5-11(17)8-10/h3-9H,2H2,1H3. The van der Waals surface area contributed by atoms with Crippen molar-refractivity contribution >= 4 is 40.3 Å². The van der Waals surface area contributed by atoms with E-state index in [-0.39, 0.29) is 11.7 Å². The number of rotatable bonds is 3. The summed E-state index contributed by atoms with van der Waals surface area (Å²) in [4.78, 5) is 14.2. The Morgan fingerprint density at radius 1 is 1.36 bits per heavy atom. The first-order chi connectivity index (χ1) is 10.6. The quantitative estimate of drug-likeness (QED) is 0.619. The van der Waals surface area contributed by atoms with Crippen molar-refractivity contribution in [1.82, 2.24) is 4.90 Å². The fourth-order valence-electron chi connectivity index (χ4n) is 2.13. The summed E-state index contributed by atoms with van der Waals surface area (Å²) >= 11 is 6.42. The highest BCUT2D eigenvalue weighted by Gasteiger charge is 2.30. The van der Waals surface area contributed by atoms with Crippen LogP contribution < -0.4 is 0 Å². The zero-order chi connectivity index (χ0) is 15.7. The van der Waals surface area contributed by atoms with Gasteiger partial charge in [-0.2, -0.15) is 0 Å². The molecular weight excluding hydrogens is 321 g/mol. The van der Waals surface area contributed by atoms with Crippen LogP contribution in [0.1, 0.15) is 12.7 Å². The third-order valence-electron chi connectivity index (χ3n) is 3.20. The van der Waals surface area contributed by atoms with Gasteiger partial charge in [-0.05, 0) is 31.2 Å². The number of thioether (sulfide) groups is 1. The molecule has 0 bridgehead atoms. The molecule has 0 radical (unpaired) electrons. The minimum Gasteiger partial charge on any atom is -0.457 e. The summed E-state index contributed by atoms with van der Waals surface area (Å²) in [6.45, 7) is 2.43. The molecule has 3 rings (SSSR count). The normalized spacial score (nSPS) is 16.8. The molecule has 0 spiro atoms. The van der Waals surface area contributed by atoms with Gasteiger partial charge in [0.1, 0.15) is 21.7 Å². The molecule has 1 amide bonds. The predicted octanol–water partition coefficient (Wildman–Crippen LogP) is 4.31. The Bertz CT molecular complexity index is 782. The number of nitrogens with zero attached hydrogens (tertiary/aromatic N) is 1. The van der Waals surface area contributed by atoms with Gasteiger partial charge in [0.15, 0.2) is 0 Å². The van der Waals surface area contributed by atoms with Gasteiger partial charge in [-0.15, -0.1) is 0 Å². The zero-order valence-electron chi connectivity index (χ0n) is 11.7. The molecule has 2 aromatic rings. The maximum absolute atomic E-state index is 13.2. The Kier molecular flexibility index (Phi) is 4.13. The van der Waals surface area contributed by atoms with Gasteiger partial charge in [0.05, 0.1) is 4.91 Å². The third kappa shape index (κ3) is 2.84. The largest absolute Gasteiger partial charge is 0.457 e. The van der Waals surface area contributed by atoms with E-state index in [2.05, 4.69) is 0 Å². The van der Waals surface area contributed by atoms with Crippen LogP contribution in [0.2, 0.25) is 0 Å². The number of amides is 1. The lowest BCUT2D eigenvalue weighted by atomic mass is 10.2. The van der Waals surface area contributed by atoms with Crippen LogP contribution in [0.4, 0.5) is 4.39 Å². The Morgan fingerprint density at radius 2 is 2.18 bits per heavy atom. The molecule has 1 aromatic carbocycles. The van der Waals surface area contributed by atoms with Crippen molar-refractivity contribution in [2.24, 2.45) is 0 Å². The summed E-state index contributed by atoms with van der Waals surface area (Å²) in [7, 11) is 0. The van der Waals surface area contributed by atoms with E-state index in [1.54, 1.807) is 35.2 Å². The number of carbonyl (C=O) groups is 1. The predicted molar refractivity (Wildman–Crippen MR) is 89.7 cm³/mol. The van der Waals surface area contributed by atoms with Crippen LogP contribution in [0.5, 0.6) is 0 Å². The van der Waals surface area contributed by atoms with Crippen LogP contribution in [0.15, 0.2) is 45.7 Å². The van der Waals surface area contributed by atoms with Crippen molar-refractivity contribution < 1.29 is 13.6 Å². The van der Waals surface area contributed by atoms with Gasteiger partial charge < -0.3 is 4.42 Å². The second-order valence-corrected chi connectivity index (χ2v) is 6.31. The smallest absolute Gasteiger partial charge is 0.266 e. The molecule has 0 atom stereocenters. The molecule has 6 heteroatoms. The fraction of sp³-hybridized carbons (Fsp3) is 0.125. The summed E-state index contributed by atoms with van der Waals surface area (Å²) in [5.41, 5.74) is 0.653. The Labute approximate surface area is 136 Å². The molecule has 22 heavy (non-hydrogen) atoms. The summed E-state index contributed by atoms with van der Waals surface area (Å²) in [6.07, 6.45) is 1.66. The molecule has 2 heterocycles. The van der Waals surface area contributed by atoms with Crippen LogP contribution >= 0.6 is 24.0 Å². The van der Waals surface area contributed by atoms with Gasteiger partial charge in [0.2, 0.25) is 0 Å². The molecule has 0 saturated carbocycles. The lowest BCUT2D eigenvalue weighted by molar-refractivity contribution is -0.121. The molecule has 1 fully saturated rings. The molecule has 0 N–H and O–H groups in total. The van der Waals surface area contributed by atoms with Gasteiger partial charge in [0, 0.05) is 18.2 Å². The minimum atomic E-state index is -0.320. The first-order valence-electron chi connectivity index (χ1n) is 6.69. The maximum atomic E-state index is 13.2. The number of benzene rings is 1. The van der Waals surface area contributed by atoms with Crippen LogP contribution in [0.3, 0.4) is 0 Å². The SMILES string of the molecule is CCN1C(=O)C(=Cc2ccc(-c3cccc(F)c3)o2)SC1=S. The summed E-state index contributed by atoms with van der Waals surface area (Å²) in [6, 6.07) is 9.67. The molecule has 1 aliphatic heterocycles. The highest BCUT2D eigenvalue weighted by molar-refractivity contribution is 8.26. The van der Waals surface area contributed by atoms with E-state index in [0.717, 1.165) is 0 Å². The number of carbonyl (C=O) groups excluding carboxylic acids is 1. The van der Waals surface area contributed by atoms with E-state index >= 15 is 0 Å². The molecule has 1 aliphatic rings. The number of hydrogen-bond donors (Lipinski definition) is 0. The molecular formula is C16H12FNO2S2. The first kappa shape index (κ1) is 15.0. The van der Waals surface area contributed by atoms with Crippen LogP contribution in [-0.2, 0) is 4.79 Å². The summed E-state index contributed by atoms with van der Waals surface area (Å²) < 4.78 is 19.5. The van der Waals surface area contributed by atoms with Crippen LogP contribution in [-0.4, -0.2) is 21.7 Å². The molecule has 0 unspecified atom stereocenters. The van der Waals surface area contributed by atoms with Crippen molar-refractivity contribution in [3.05, 3.63) is 52.9 Å². The molecule has 1 aromatic heterocycles. The van der Waals surface area contributed by atoms with Gasteiger partial charge in [-0.1, -0.05) is 36.1 Å². The highest BCUT2D eigenvalue weighted by atomic mass is 32.2. The summed E-state index contributed by atoms with van der Waals surface area (Å²) in [5.74, 6) is 0.660. The Morgan fingerprint density at radius 3 is 2.86 bits per heavy atom. The first-order valence-corrected chi connectivity index (χ1v) is 7.92. The van der Waals surface area contributed by atoms with Crippen molar-refractivity contribution in [3.63, 3.8) is 0 Å². The van der Waals surface area contributed by atoms with Crippen molar-refractivity contribution in [2.75, 3.05) is 6.54 Å². The lowest BCUT2D eigenvalue weighted by Crippen LogP contribution is -2.27. The van der Waals surface area contributed by atoms with Gasteiger partial charge in [-0.3, -0.25) is 9.69 Å². The van der Waals surface area contributed by atoms with Crippen LogP contribution in [0.25, 0.3) is 17.4 Å². The zero-order valence-corrected chi connectivity index (χ0v) is 13.3. The van der Waals surface area contributed by atoms with Crippen molar-refractivity contribution in [3.8, 4) is 11.3 Å². The van der Waals surface area contributed by atoms with Crippen molar-refractivity contribution in [1.29, 1.82) is 0 Å². The van der Waals surface area contributed by atoms with Crippen molar-refractivity contribution in [2.45, 2.75) is 6.92 Å². The Hall–Kier alpha value is -1.92. The second kappa shape index (κ2) is 6.06. The van der Waals surface area contributed by atoms with Gasteiger partial charge >= 0.3 is 0 Å². The van der Waals surface area contributed by atoms with E-state index in [0.29, 0.717) is 32.9 Å². The van der Waals surface area contributed by atoms with Gasteiger partial charge in [-0.25, -0.2) is 4.39 Å². The summed E-state index contributed by atoms with van der Waals surface area (Å²) in [5, 5.41) is 0. The third-order valence-corrected chi connectivity index (χ3v) is 4.58. The number of furan rings is 1. The Balaban J connectivity index is 1.88. The topological polar surface area (TPSA) is 33.5 Å². The average Bonchev–Trinajstić information content (AvgIpc) is 3.05. The van der Waals surface area contributed by atoms with E-state index in [1.807, 2.05) is 6.92 Å². The second-order valence-electron chi connectivity index (χ2n) is 4.64. The fourth-order valence-corrected chi connectivity index (χ4v) is 3.49. The van der Waals surface area contributed by atoms with E-state index in [1.165, 1.54) is 23.9 Å². The molecule has 0 aliphatic carbocycles. The maximum Gasteiger partial charge on any atom is 0.266 e. The number of halogens is 1. The molecule has 3 nitrogen and oxygen atoms in total. The molecule has 1 saturated heterocycles. The average molecular weight is 333 g/mol. The minimum absolute atomic E-state index is 0.110. The van der Waals surface area contributed by atoms with E-state index in [4.69, 9.17) is 16.6 Å².